The fourth-order valence-electron chi connectivity index (χ4n) is 5.92. The molecule has 3 aliphatic heterocycles. The molecule has 2 fully saturated rings. The van der Waals surface area contributed by atoms with Gasteiger partial charge in [-0.2, -0.15) is 13.2 Å². The maximum atomic E-state index is 13.4. The van der Waals surface area contributed by atoms with Crippen LogP contribution in [0.1, 0.15) is 30.7 Å². The number of benzene rings is 1. The number of hydrogen-bond acceptors (Lipinski definition) is 6. The summed E-state index contributed by atoms with van der Waals surface area (Å²) in [7, 11) is 0. The third-order valence-electron chi connectivity index (χ3n) is 7.76. The van der Waals surface area contributed by atoms with E-state index in [4.69, 9.17) is 4.74 Å². The van der Waals surface area contributed by atoms with Crippen molar-refractivity contribution < 1.29 is 22.7 Å². The van der Waals surface area contributed by atoms with Crippen LogP contribution in [0.25, 0.3) is 11.0 Å². The summed E-state index contributed by atoms with van der Waals surface area (Å²) < 4.78 is 45.8. The largest absolute Gasteiger partial charge is 0.418 e. The second kappa shape index (κ2) is 9.99. The number of alkyl halides is 3. The number of thioether (sulfide) groups is 1. The number of carbonyl (C=O) groups is 1. The predicted octanol–water partition coefficient (Wildman–Crippen LogP) is 3.39. The number of aromatic nitrogens is 2. The lowest BCUT2D eigenvalue weighted by molar-refractivity contribution is -0.136. The molecule has 3 unspecified atom stereocenters. The molecule has 6 rings (SSSR count). The quantitative estimate of drug-likeness (QED) is 0.528. The van der Waals surface area contributed by atoms with Gasteiger partial charge in [0.15, 0.2) is 0 Å². The van der Waals surface area contributed by atoms with Gasteiger partial charge in [-0.25, -0.2) is 4.98 Å². The van der Waals surface area contributed by atoms with Gasteiger partial charge < -0.3 is 20.4 Å². The minimum atomic E-state index is -4.50. The average molecular weight is 534 g/mol. The lowest BCUT2D eigenvalue weighted by Gasteiger charge is -2.24. The number of aromatic amines is 1. The first-order chi connectivity index (χ1) is 17.8. The highest BCUT2D eigenvalue weighted by Crippen LogP contribution is 2.41. The van der Waals surface area contributed by atoms with Crippen LogP contribution >= 0.6 is 11.8 Å². The zero-order valence-corrected chi connectivity index (χ0v) is 21.1. The molecule has 37 heavy (non-hydrogen) atoms. The molecule has 4 atom stereocenters. The van der Waals surface area contributed by atoms with Crippen molar-refractivity contribution in [3.8, 4) is 0 Å². The van der Waals surface area contributed by atoms with Crippen LogP contribution in [0.15, 0.2) is 41.6 Å². The van der Waals surface area contributed by atoms with Gasteiger partial charge >= 0.3 is 6.18 Å². The molecule has 198 valence electrons. The van der Waals surface area contributed by atoms with E-state index >= 15 is 0 Å². The van der Waals surface area contributed by atoms with Gasteiger partial charge in [0.2, 0.25) is 5.91 Å². The minimum Gasteiger partial charge on any atom is -0.387 e. The summed E-state index contributed by atoms with van der Waals surface area (Å²) in [5, 5.41) is 7.12. The maximum Gasteiger partial charge on any atom is 0.418 e. The van der Waals surface area contributed by atoms with Gasteiger partial charge in [-0.15, -0.1) is 11.8 Å². The van der Waals surface area contributed by atoms with Crippen molar-refractivity contribution in [2.45, 2.75) is 54.4 Å². The van der Waals surface area contributed by atoms with E-state index in [9.17, 15) is 18.0 Å². The van der Waals surface area contributed by atoms with Crippen LogP contribution in [0.4, 0.5) is 13.2 Å². The first kappa shape index (κ1) is 24.8. The summed E-state index contributed by atoms with van der Waals surface area (Å²) in [6.45, 7) is 4.01. The second-order valence-corrected chi connectivity index (χ2v) is 11.6. The van der Waals surface area contributed by atoms with Crippen molar-refractivity contribution in [2.75, 3.05) is 32.8 Å². The topological polar surface area (TPSA) is 82.3 Å². The van der Waals surface area contributed by atoms with Gasteiger partial charge in [-0.05, 0) is 54.8 Å². The van der Waals surface area contributed by atoms with Crippen molar-refractivity contribution >= 4 is 28.7 Å². The van der Waals surface area contributed by atoms with E-state index in [-0.39, 0.29) is 40.5 Å². The molecule has 0 bridgehead atoms. The summed E-state index contributed by atoms with van der Waals surface area (Å²) in [5.74, 6) is -0.00120. The second-order valence-electron chi connectivity index (χ2n) is 10.2. The first-order valence-electron chi connectivity index (χ1n) is 12.8. The van der Waals surface area contributed by atoms with Crippen LogP contribution in [0.3, 0.4) is 0 Å². The summed E-state index contributed by atoms with van der Waals surface area (Å²) >= 11 is 1.95. The summed E-state index contributed by atoms with van der Waals surface area (Å²) in [5.41, 5.74) is 2.22. The molecule has 7 nitrogen and oxygen atoms in total. The maximum absolute atomic E-state index is 13.4. The van der Waals surface area contributed by atoms with E-state index in [1.165, 1.54) is 17.2 Å². The predicted molar refractivity (Wildman–Crippen MR) is 136 cm³/mol. The lowest BCUT2D eigenvalue weighted by atomic mass is 10.1. The number of fused-ring (bicyclic) bond motifs is 1. The standard InChI is InChI=1S/C26H30F3N5O2S/c27-26(28,29)18-2-1-3-19-25(18)33-23(31-19)10-24(35)32-20-12-34(16-7-9-36-14-16)13-22(20)37-21-5-4-15-11-30-8-6-17(15)21/h1-3,6,8,16,20-22,30H,4-5,7,9-14H2,(H,31,33)(H,32,35)/t16?,20?,21?,22-/m0/s1. The molecule has 1 aromatic carbocycles. The number of para-hydroxylation sites is 1. The Bertz CT molecular complexity index is 1240. The molecule has 1 amide bonds. The van der Waals surface area contributed by atoms with Crippen LogP contribution in [0.5, 0.6) is 0 Å². The van der Waals surface area contributed by atoms with E-state index in [0.29, 0.717) is 17.9 Å². The SMILES string of the molecule is O=C(Cc1nc2c(C(F)(F)F)cccc2[nH]1)NC1CN(C2CCOC2)C[C@@H]1SC1CCC2=C1C=CNC2. The number of dihydropyridines is 1. The highest BCUT2D eigenvalue weighted by molar-refractivity contribution is 8.00. The van der Waals surface area contributed by atoms with Gasteiger partial charge in [0.1, 0.15) is 11.3 Å². The van der Waals surface area contributed by atoms with Crippen LogP contribution in [0.2, 0.25) is 0 Å². The number of nitrogens with zero attached hydrogens (tertiary/aromatic N) is 2. The molecule has 1 aliphatic carbocycles. The van der Waals surface area contributed by atoms with E-state index < -0.39 is 11.7 Å². The molecule has 4 heterocycles. The normalized spacial score (nSPS) is 28.2. The van der Waals surface area contributed by atoms with Crippen molar-refractivity contribution in [3.63, 3.8) is 0 Å². The van der Waals surface area contributed by atoms with Crippen LogP contribution in [-0.4, -0.2) is 76.2 Å². The smallest absolute Gasteiger partial charge is 0.387 e. The molecule has 3 N–H and O–H groups in total. The molecule has 11 heteroatoms. The van der Waals surface area contributed by atoms with Gasteiger partial charge in [-0.1, -0.05) is 6.07 Å². The summed E-state index contributed by atoms with van der Waals surface area (Å²) in [6.07, 6.45) is 2.79. The number of amides is 1. The van der Waals surface area contributed by atoms with Crippen molar-refractivity contribution in [1.82, 2.24) is 25.5 Å². The molecule has 1 aromatic heterocycles. The zero-order chi connectivity index (χ0) is 25.6. The zero-order valence-electron chi connectivity index (χ0n) is 20.3. The Morgan fingerprint density at radius 2 is 2.16 bits per heavy atom. The Hall–Kier alpha value is -2.50. The Morgan fingerprint density at radius 1 is 1.27 bits per heavy atom. The van der Waals surface area contributed by atoms with E-state index in [2.05, 4.69) is 31.6 Å². The van der Waals surface area contributed by atoms with Crippen LogP contribution in [0, 0.1) is 0 Å². The van der Waals surface area contributed by atoms with Crippen molar-refractivity contribution in [3.05, 3.63) is 53.0 Å². The number of likely N-dealkylation sites (tertiary alicyclic amines) is 1. The minimum absolute atomic E-state index is 0.0523. The molecule has 2 aromatic rings. The Balaban J connectivity index is 1.16. The Labute approximate surface area is 217 Å². The summed E-state index contributed by atoms with van der Waals surface area (Å²) in [4.78, 5) is 22.5. The highest BCUT2D eigenvalue weighted by Gasteiger charge is 2.41. The van der Waals surface area contributed by atoms with Gasteiger partial charge in [-0.3, -0.25) is 9.69 Å². The lowest BCUT2D eigenvalue weighted by Crippen LogP contribution is -2.43. The first-order valence-corrected chi connectivity index (χ1v) is 13.7. The molecule has 2 saturated heterocycles. The monoisotopic (exact) mass is 533 g/mol. The molecule has 0 saturated carbocycles. The molecule has 0 spiro atoms. The number of allylic oxidation sites excluding steroid dienone is 1. The number of hydrogen-bond donors (Lipinski definition) is 3. The van der Waals surface area contributed by atoms with Gasteiger partial charge in [0.25, 0.3) is 0 Å². The third-order valence-corrected chi connectivity index (χ3v) is 9.40. The molecule has 4 aliphatic rings. The highest BCUT2D eigenvalue weighted by atomic mass is 32.2. The summed E-state index contributed by atoms with van der Waals surface area (Å²) in [6, 6.07) is 4.21. The molecular weight excluding hydrogens is 503 g/mol. The number of carbonyl (C=O) groups excluding carboxylic acids is 1. The van der Waals surface area contributed by atoms with Gasteiger partial charge in [0, 0.05) is 42.8 Å². The number of H-pyrrole nitrogens is 1. The number of imidazole rings is 1. The Kier molecular flexibility index (Phi) is 6.70. The fourth-order valence-corrected chi connectivity index (χ4v) is 7.61. The number of halogens is 3. The fraction of sp³-hybridized carbons (Fsp3) is 0.538. The van der Waals surface area contributed by atoms with Gasteiger partial charge in [0.05, 0.1) is 30.1 Å². The van der Waals surface area contributed by atoms with Crippen LogP contribution in [-0.2, 0) is 22.1 Å². The van der Waals surface area contributed by atoms with E-state index in [1.807, 2.05) is 18.0 Å². The van der Waals surface area contributed by atoms with Crippen molar-refractivity contribution in [2.24, 2.45) is 0 Å². The van der Waals surface area contributed by atoms with Crippen LogP contribution < -0.4 is 10.6 Å². The number of rotatable bonds is 6. The molecule has 0 radical (unpaired) electrons. The number of nitrogens with one attached hydrogen (secondary N) is 3. The third kappa shape index (κ3) is 5.13. The Morgan fingerprint density at radius 3 is 2.97 bits per heavy atom. The molecular formula is C26H30F3N5O2S. The average Bonchev–Trinajstić information content (AvgIpc) is 3.65. The van der Waals surface area contributed by atoms with Crippen molar-refractivity contribution in [1.29, 1.82) is 0 Å². The van der Waals surface area contributed by atoms with E-state index in [0.717, 1.165) is 51.6 Å². The van der Waals surface area contributed by atoms with E-state index in [1.54, 1.807) is 6.07 Å². The number of ether oxygens (including phenoxy) is 1.